The molecule has 102 valence electrons. The lowest BCUT2D eigenvalue weighted by atomic mass is 10.3. The van der Waals surface area contributed by atoms with E-state index in [4.69, 9.17) is 0 Å². The Morgan fingerprint density at radius 3 is 3.05 bits per heavy atom. The maximum absolute atomic E-state index is 11.4. The molecule has 1 amide bonds. The summed E-state index contributed by atoms with van der Waals surface area (Å²) in [4.78, 5) is 27.3. The van der Waals surface area contributed by atoms with Gasteiger partial charge in [-0.2, -0.15) is 0 Å². The lowest BCUT2D eigenvalue weighted by molar-refractivity contribution is -0.384. The van der Waals surface area contributed by atoms with E-state index in [1.807, 2.05) is 4.90 Å². The number of amides is 1. The number of hydrogen-bond acceptors (Lipinski definition) is 5. The predicted molar refractivity (Wildman–Crippen MR) is 69.8 cm³/mol. The molecule has 0 aromatic carbocycles. The number of nitrogens with zero attached hydrogens (tertiary/aromatic N) is 3. The van der Waals surface area contributed by atoms with Crippen LogP contribution in [0, 0.1) is 10.1 Å². The van der Waals surface area contributed by atoms with Gasteiger partial charge < -0.3 is 10.2 Å². The highest BCUT2D eigenvalue weighted by Gasteiger charge is 2.19. The molecule has 1 saturated heterocycles. The third-order valence-corrected chi connectivity index (χ3v) is 3.09. The van der Waals surface area contributed by atoms with Crippen molar-refractivity contribution >= 4 is 17.3 Å². The zero-order valence-electron chi connectivity index (χ0n) is 10.5. The van der Waals surface area contributed by atoms with Gasteiger partial charge in [-0.3, -0.25) is 19.9 Å². The molecule has 7 nitrogen and oxygen atoms in total. The Kier molecular flexibility index (Phi) is 4.27. The number of likely N-dealkylation sites (tertiary alicyclic amines) is 1. The van der Waals surface area contributed by atoms with Gasteiger partial charge in [0.05, 0.1) is 4.92 Å². The number of nitrogens with one attached hydrogen (secondary N) is 1. The van der Waals surface area contributed by atoms with Gasteiger partial charge in [-0.1, -0.05) is 0 Å². The normalized spacial score (nSPS) is 14.7. The van der Waals surface area contributed by atoms with Gasteiger partial charge in [-0.05, 0) is 18.9 Å². The summed E-state index contributed by atoms with van der Waals surface area (Å²) in [6, 6.07) is 1.58. The van der Waals surface area contributed by atoms with E-state index in [0.29, 0.717) is 25.2 Å². The van der Waals surface area contributed by atoms with Crippen LogP contribution in [0.5, 0.6) is 0 Å². The first kappa shape index (κ1) is 13.3. The molecule has 2 rings (SSSR count). The van der Waals surface area contributed by atoms with Crippen LogP contribution in [-0.4, -0.2) is 40.3 Å². The SMILES string of the molecule is O=C1CCCN1CCCNc1ccncc1[N+](=O)[O-]. The Hall–Kier alpha value is -2.18. The Labute approximate surface area is 110 Å². The van der Waals surface area contributed by atoms with Crippen molar-refractivity contribution in [1.82, 2.24) is 9.88 Å². The van der Waals surface area contributed by atoms with E-state index in [2.05, 4.69) is 10.3 Å². The second kappa shape index (κ2) is 6.12. The van der Waals surface area contributed by atoms with Crippen LogP contribution in [0.15, 0.2) is 18.5 Å². The van der Waals surface area contributed by atoms with Crippen LogP contribution in [-0.2, 0) is 4.79 Å². The summed E-state index contributed by atoms with van der Waals surface area (Å²) in [6.07, 6.45) is 5.09. The lowest BCUT2D eigenvalue weighted by Gasteiger charge is -2.15. The Balaban J connectivity index is 1.79. The monoisotopic (exact) mass is 264 g/mol. The van der Waals surface area contributed by atoms with E-state index in [-0.39, 0.29) is 11.6 Å². The van der Waals surface area contributed by atoms with Gasteiger partial charge in [0.25, 0.3) is 0 Å². The molecule has 0 bridgehead atoms. The molecule has 1 aliphatic heterocycles. The molecule has 1 aromatic rings. The summed E-state index contributed by atoms with van der Waals surface area (Å²) in [5, 5.41) is 13.8. The Bertz CT molecular complexity index is 478. The van der Waals surface area contributed by atoms with Crippen molar-refractivity contribution in [2.75, 3.05) is 25.0 Å². The molecule has 0 spiro atoms. The third-order valence-electron chi connectivity index (χ3n) is 3.09. The van der Waals surface area contributed by atoms with E-state index >= 15 is 0 Å². The lowest BCUT2D eigenvalue weighted by Crippen LogP contribution is -2.27. The van der Waals surface area contributed by atoms with Crippen molar-refractivity contribution in [3.05, 3.63) is 28.6 Å². The smallest absolute Gasteiger partial charge is 0.310 e. The number of pyridine rings is 1. The summed E-state index contributed by atoms with van der Waals surface area (Å²) in [5.41, 5.74) is 0.437. The van der Waals surface area contributed by atoms with Crippen LogP contribution >= 0.6 is 0 Å². The van der Waals surface area contributed by atoms with Gasteiger partial charge in [0, 0.05) is 32.3 Å². The fourth-order valence-corrected chi connectivity index (χ4v) is 2.11. The zero-order chi connectivity index (χ0) is 13.7. The molecule has 1 aromatic heterocycles. The van der Waals surface area contributed by atoms with Crippen molar-refractivity contribution in [2.24, 2.45) is 0 Å². The minimum absolute atomic E-state index is 0.0280. The summed E-state index contributed by atoms with van der Waals surface area (Å²) >= 11 is 0. The largest absolute Gasteiger partial charge is 0.379 e. The van der Waals surface area contributed by atoms with E-state index < -0.39 is 4.92 Å². The number of hydrogen-bond donors (Lipinski definition) is 1. The second-order valence-corrected chi connectivity index (χ2v) is 4.41. The summed E-state index contributed by atoms with van der Waals surface area (Å²) in [6.45, 7) is 2.12. The minimum atomic E-state index is -0.459. The van der Waals surface area contributed by atoms with E-state index in [0.717, 1.165) is 19.4 Å². The topological polar surface area (TPSA) is 88.4 Å². The van der Waals surface area contributed by atoms with Crippen molar-refractivity contribution in [1.29, 1.82) is 0 Å². The van der Waals surface area contributed by atoms with Crippen LogP contribution in [0.2, 0.25) is 0 Å². The molecule has 1 N–H and O–H groups in total. The predicted octanol–water partition coefficient (Wildman–Crippen LogP) is 1.41. The van der Waals surface area contributed by atoms with Crippen LogP contribution in [0.3, 0.4) is 0 Å². The molecule has 2 heterocycles. The van der Waals surface area contributed by atoms with Gasteiger partial charge in [0.15, 0.2) is 0 Å². The van der Waals surface area contributed by atoms with Crippen molar-refractivity contribution in [2.45, 2.75) is 19.3 Å². The zero-order valence-corrected chi connectivity index (χ0v) is 10.5. The van der Waals surface area contributed by atoms with E-state index in [1.165, 1.54) is 12.4 Å². The maximum atomic E-state index is 11.4. The van der Waals surface area contributed by atoms with Gasteiger partial charge in [-0.15, -0.1) is 0 Å². The first-order valence-electron chi connectivity index (χ1n) is 6.28. The molecule has 0 atom stereocenters. The maximum Gasteiger partial charge on any atom is 0.310 e. The Morgan fingerprint density at radius 2 is 2.37 bits per heavy atom. The molecule has 19 heavy (non-hydrogen) atoms. The number of rotatable bonds is 6. The molecule has 0 radical (unpaired) electrons. The van der Waals surface area contributed by atoms with Gasteiger partial charge >= 0.3 is 5.69 Å². The first-order chi connectivity index (χ1) is 9.18. The summed E-state index contributed by atoms with van der Waals surface area (Å²) in [7, 11) is 0. The number of anilines is 1. The first-order valence-corrected chi connectivity index (χ1v) is 6.28. The molecule has 1 fully saturated rings. The van der Waals surface area contributed by atoms with Gasteiger partial charge in [0.2, 0.25) is 5.91 Å². The Morgan fingerprint density at radius 1 is 1.53 bits per heavy atom. The van der Waals surface area contributed by atoms with Crippen LogP contribution in [0.1, 0.15) is 19.3 Å². The van der Waals surface area contributed by atoms with Crippen LogP contribution < -0.4 is 5.32 Å². The highest BCUT2D eigenvalue weighted by molar-refractivity contribution is 5.78. The molecule has 7 heteroatoms. The summed E-state index contributed by atoms with van der Waals surface area (Å²) < 4.78 is 0. The molecular formula is C12H16N4O3. The van der Waals surface area contributed by atoms with E-state index in [9.17, 15) is 14.9 Å². The number of nitro groups is 1. The van der Waals surface area contributed by atoms with Crippen molar-refractivity contribution < 1.29 is 9.72 Å². The molecule has 0 saturated carbocycles. The van der Waals surface area contributed by atoms with E-state index in [1.54, 1.807) is 6.07 Å². The van der Waals surface area contributed by atoms with Crippen molar-refractivity contribution in [3.8, 4) is 0 Å². The quantitative estimate of drug-likeness (QED) is 0.477. The fourth-order valence-electron chi connectivity index (χ4n) is 2.11. The van der Waals surface area contributed by atoms with Crippen LogP contribution in [0.25, 0.3) is 0 Å². The molecular weight excluding hydrogens is 248 g/mol. The average molecular weight is 264 g/mol. The highest BCUT2D eigenvalue weighted by Crippen LogP contribution is 2.21. The highest BCUT2D eigenvalue weighted by atomic mass is 16.6. The minimum Gasteiger partial charge on any atom is -0.379 e. The van der Waals surface area contributed by atoms with Crippen LogP contribution in [0.4, 0.5) is 11.4 Å². The molecule has 1 aliphatic rings. The second-order valence-electron chi connectivity index (χ2n) is 4.41. The van der Waals surface area contributed by atoms with Crippen molar-refractivity contribution in [3.63, 3.8) is 0 Å². The number of carbonyl (C=O) groups is 1. The molecule has 0 aliphatic carbocycles. The average Bonchev–Trinajstić information content (AvgIpc) is 2.80. The summed E-state index contributed by atoms with van der Waals surface area (Å²) in [5.74, 6) is 0.204. The number of aromatic nitrogens is 1. The third kappa shape index (κ3) is 3.40. The molecule has 0 unspecified atom stereocenters. The van der Waals surface area contributed by atoms with Gasteiger partial charge in [0.1, 0.15) is 11.9 Å². The number of carbonyl (C=O) groups excluding carboxylic acids is 1. The standard InChI is InChI=1S/C12H16N4O3/c17-12-3-1-7-15(12)8-2-5-14-10-4-6-13-9-11(10)16(18)19/h4,6,9H,1-3,5,7-8H2,(H,13,14). The van der Waals surface area contributed by atoms with Gasteiger partial charge in [-0.25, -0.2) is 0 Å². The fraction of sp³-hybridized carbons (Fsp3) is 0.500.